The molecular formula is C38H58O4. The first kappa shape index (κ1) is 35.6. The Labute approximate surface area is 256 Å². The van der Waals surface area contributed by atoms with Gasteiger partial charge in [0.25, 0.3) is 0 Å². The summed E-state index contributed by atoms with van der Waals surface area (Å²) in [4.78, 5) is 27.4. The van der Waals surface area contributed by atoms with Gasteiger partial charge in [0.15, 0.2) is 5.78 Å². The third kappa shape index (κ3) is 11.6. The van der Waals surface area contributed by atoms with Crippen LogP contribution in [0.2, 0.25) is 0 Å². The molecule has 0 fully saturated rings. The highest BCUT2D eigenvalue weighted by Gasteiger charge is 2.34. The van der Waals surface area contributed by atoms with Crippen LogP contribution in [0.5, 0.6) is 5.75 Å². The van der Waals surface area contributed by atoms with Crippen molar-refractivity contribution < 1.29 is 19.4 Å². The molecule has 4 heteroatoms. The average molecular weight is 579 g/mol. The summed E-state index contributed by atoms with van der Waals surface area (Å²) in [5, 5.41) is 9.76. The number of phenols is 1. The molecule has 0 aliphatic rings. The number of unbranched alkanes of at least 4 members (excludes halogenated alkanes) is 13. The van der Waals surface area contributed by atoms with Crippen molar-refractivity contribution >= 4 is 11.8 Å². The molecule has 2 rings (SSSR count). The number of ketones is 1. The predicted molar refractivity (Wildman–Crippen MR) is 176 cm³/mol. The van der Waals surface area contributed by atoms with Gasteiger partial charge in [-0.2, -0.15) is 0 Å². The molecule has 0 saturated carbocycles. The van der Waals surface area contributed by atoms with Crippen LogP contribution in [0.15, 0.2) is 36.4 Å². The molecule has 0 heterocycles. The lowest BCUT2D eigenvalue weighted by Gasteiger charge is -2.33. The SMILES string of the molecule is CCCCCCCCCCCCCCCCOC(=O)c1ccc(C(C)(C)C)c(C(C)(C)C)c1C(=O)c1ccc(O)cc1. The minimum Gasteiger partial charge on any atom is -0.508 e. The molecule has 2 aromatic rings. The number of aromatic hydroxyl groups is 1. The second kappa shape index (κ2) is 17.5. The smallest absolute Gasteiger partial charge is 0.338 e. The van der Waals surface area contributed by atoms with Gasteiger partial charge in [-0.05, 0) is 58.7 Å². The first-order chi connectivity index (χ1) is 19.9. The van der Waals surface area contributed by atoms with Crippen LogP contribution in [-0.2, 0) is 15.6 Å². The highest BCUT2D eigenvalue weighted by atomic mass is 16.5. The molecule has 0 spiro atoms. The van der Waals surface area contributed by atoms with Crippen molar-refractivity contribution in [3.63, 3.8) is 0 Å². The lowest BCUT2D eigenvalue weighted by atomic mass is 9.71. The molecule has 42 heavy (non-hydrogen) atoms. The highest BCUT2D eigenvalue weighted by Crippen LogP contribution is 2.39. The van der Waals surface area contributed by atoms with Gasteiger partial charge >= 0.3 is 5.97 Å². The molecular weight excluding hydrogens is 520 g/mol. The third-order valence-electron chi connectivity index (χ3n) is 8.07. The molecule has 1 N–H and O–H groups in total. The highest BCUT2D eigenvalue weighted by molar-refractivity contribution is 6.16. The van der Waals surface area contributed by atoms with Gasteiger partial charge in [0, 0.05) is 11.1 Å². The summed E-state index contributed by atoms with van der Waals surface area (Å²) in [6.07, 6.45) is 17.9. The van der Waals surface area contributed by atoms with Crippen molar-refractivity contribution in [2.45, 2.75) is 149 Å². The van der Waals surface area contributed by atoms with Gasteiger partial charge in [-0.25, -0.2) is 4.79 Å². The Hall–Kier alpha value is -2.62. The molecule has 0 aromatic heterocycles. The Morgan fingerprint density at radius 3 is 1.57 bits per heavy atom. The van der Waals surface area contributed by atoms with Crippen LogP contribution in [0.1, 0.15) is 176 Å². The summed E-state index contributed by atoms with van der Waals surface area (Å²) in [6, 6.07) is 9.97. The zero-order chi connectivity index (χ0) is 31.2. The average Bonchev–Trinajstić information content (AvgIpc) is 2.93. The summed E-state index contributed by atoms with van der Waals surface area (Å²) < 4.78 is 5.74. The van der Waals surface area contributed by atoms with Crippen molar-refractivity contribution in [2.75, 3.05) is 6.61 Å². The second-order valence-electron chi connectivity index (χ2n) is 14.0. The summed E-state index contributed by atoms with van der Waals surface area (Å²) in [5.41, 5.74) is 2.48. The van der Waals surface area contributed by atoms with Crippen LogP contribution in [0.25, 0.3) is 0 Å². The molecule has 0 aliphatic heterocycles. The Kier molecular flexibility index (Phi) is 14.8. The largest absolute Gasteiger partial charge is 0.508 e. The van der Waals surface area contributed by atoms with Gasteiger partial charge in [0.1, 0.15) is 5.75 Å². The number of carbonyl (C=O) groups excluding carboxylic acids is 2. The molecule has 234 valence electrons. The second-order valence-corrected chi connectivity index (χ2v) is 14.0. The van der Waals surface area contributed by atoms with Crippen LogP contribution in [0.3, 0.4) is 0 Å². The maximum Gasteiger partial charge on any atom is 0.338 e. The first-order valence-corrected chi connectivity index (χ1v) is 16.6. The van der Waals surface area contributed by atoms with Crippen molar-refractivity contribution in [1.29, 1.82) is 0 Å². The van der Waals surface area contributed by atoms with E-state index in [0.717, 1.165) is 30.4 Å². The normalized spacial score (nSPS) is 12.0. The fourth-order valence-electron chi connectivity index (χ4n) is 5.71. The van der Waals surface area contributed by atoms with Gasteiger partial charge < -0.3 is 9.84 Å². The maximum atomic E-state index is 14.0. The molecule has 2 aromatic carbocycles. The number of esters is 1. The molecule has 0 unspecified atom stereocenters. The maximum absolute atomic E-state index is 14.0. The van der Waals surface area contributed by atoms with Crippen molar-refractivity contribution in [2.24, 2.45) is 0 Å². The molecule has 0 saturated heterocycles. The van der Waals surface area contributed by atoms with E-state index >= 15 is 0 Å². The lowest BCUT2D eigenvalue weighted by Crippen LogP contribution is -2.28. The minimum absolute atomic E-state index is 0.0961. The van der Waals surface area contributed by atoms with Gasteiger partial charge in [0.05, 0.1) is 12.2 Å². The molecule has 0 atom stereocenters. The van der Waals surface area contributed by atoms with E-state index in [-0.39, 0.29) is 22.4 Å². The summed E-state index contributed by atoms with van der Waals surface area (Å²) >= 11 is 0. The standard InChI is InChI=1S/C38H58O4/c1-8-9-10-11-12-13-14-15-16-17-18-19-20-21-28-42-36(41)31-26-27-32(37(2,3)4)34(38(5,6)7)33(31)35(40)29-22-24-30(39)25-23-29/h22-27,39H,8-21,28H2,1-7H3. The van der Waals surface area contributed by atoms with Crippen LogP contribution >= 0.6 is 0 Å². The number of carbonyl (C=O) groups is 2. The Morgan fingerprint density at radius 2 is 1.12 bits per heavy atom. The number of hydrogen-bond acceptors (Lipinski definition) is 4. The van der Waals surface area contributed by atoms with Crippen molar-refractivity contribution in [1.82, 2.24) is 0 Å². The number of ether oxygens (including phenoxy) is 1. The van der Waals surface area contributed by atoms with Gasteiger partial charge in [-0.15, -0.1) is 0 Å². The van der Waals surface area contributed by atoms with Crippen LogP contribution in [0, 0.1) is 0 Å². The quantitative estimate of drug-likeness (QED) is 0.109. The van der Waals surface area contributed by atoms with E-state index in [9.17, 15) is 14.7 Å². The van der Waals surface area contributed by atoms with Crippen LogP contribution in [0.4, 0.5) is 0 Å². The summed E-state index contributed by atoms with van der Waals surface area (Å²) in [7, 11) is 0. The number of phenolic OH excluding ortho intramolecular Hbond substituents is 1. The number of hydrogen-bond donors (Lipinski definition) is 1. The number of benzene rings is 2. The van der Waals surface area contributed by atoms with Crippen LogP contribution in [-0.4, -0.2) is 23.5 Å². The first-order valence-electron chi connectivity index (χ1n) is 16.6. The zero-order valence-corrected chi connectivity index (χ0v) is 27.7. The van der Waals surface area contributed by atoms with Gasteiger partial charge in [-0.1, -0.05) is 138 Å². The fraction of sp³-hybridized carbons (Fsp3) is 0.632. The zero-order valence-electron chi connectivity index (χ0n) is 27.7. The molecule has 0 amide bonds. The van der Waals surface area contributed by atoms with E-state index in [2.05, 4.69) is 48.5 Å². The van der Waals surface area contributed by atoms with Gasteiger partial charge in [-0.3, -0.25) is 4.79 Å². The van der Waals surface area contributed by atoms with E-state index in [1.807, 2.05) is 6.07 Å². The fourth-order valence-corrected chi connectivity index (χ4v) is 5.71. The van der Waals surface area contributed by atoms with Crippen molar-refractivity contribution in [3.05, 3.63) is 64.2 Å². The topological polar surface area (TPSA) is 63.6 Å². The monoisotopic (exact) mass is 578 g/mol. The summed E-state index contributed by atoms with van der Waals surface area (Å²) in [5.74, 6) is -0.578. The van der Waals surface area contributed by atoms with E-state index in [1.54, 1.807) is 18.2 Å². The number of rotatable bonds is 18. The minimum atomic E-state index is -0.446. The summed E-state index contributed by atoms with van der Waals surface area (Å²) in [6.45, 7) is 15.2. The molecule has 0 radical (unpaired) electrons. The molecule has 0 bridgehead atoms. The lowest BCUT2D eigenvalue weighted by molar-refractivity contribution is 0.0494. The van der Waals surface area contributed by atoms with Crippen molar-refractivity contribution in [3.8, 4) is 5.75 Å². The molecule has 4 nitrogen and oxygen atoms in total. The Balaban J connectivity index is 1.97. The predicted octanol–water partition coefficient (Wildman–Crippen LogP) is 10.9. The third-order valence-corrected chi connectivity index (χ3v) is 8.07. The van der Waals surface area contributed by atoms with E-state index < -0.39 is 5.97 Å². The van der Waals surface area contributed by atoms with Crippen LogP contribution < -0.4 is 0 Å². The van der Waals surface area contributed by atoms with E-state index in [1.165, 1.54) is 82.8 Å². The van der Waals surface area contributed by atoms with E-state index in [0.29, 0.717) is 23.3 Å². The Morgan fingerprint density at radius 1 is 0.643 bits per heavy atom. The Bertz CT molecular complexity index is 1100. The molecule has 0 aliphatic carbocycles. The van der Waals surface area contributed by atoms with E-state index in [4.69, 9.17) is 4.74 Å². The van der Waals surface area contributed by atoms with Gasteiger partial charge in [0.2, 0.25) is 0 Å².